The highest BCUT2D eigenvalue weighted by molar-refractivity contribution is 6.03. The molecule has 0 unspecified atom stereocenters. The second-order valence-corrected chi connectivity index (χ2v) is 4.33. The van der Waals surface area contributed by atoms with E-state index in [1.165, 1.54) is 0 Å². The van der Waals surface area contributed by atoms with Gasteiger partial charge >= 0.3 is 6.01 Å². The van der Waals surface area contributed by atoms with Gasteiger partial charge in [0, 0.05) is 24.2 Å². The number of carbonyl (C=O) groups is 1. The first-order chi connectivity index (χ1) is 10.8. The van der Waals surface area contributed by atoms with Crippen molar-refractivity contribution in [2.24, 2.45) is 0 Å². The van der Waals surface area contributed by atoms with E-state index < -0.39 is 0 Å². The molecule has 3 aromatic rings. The molecule has 1 amide bonds. The molecule has 0 aliphatic rings. The van der Waals surface area contributed by atoms with E-state index in [9.17, 15) is 4.79 Å². The van der Waals surface area contributed by atoms with Gasteiger partial charge in [0.2, 0.25) is 0 Å². The fourth-order valence-corrected chi connectivity index (χ4v) is 1.74. The van der Waals surface area contributed by atoms with Gasteiger partial charge in [0.25, 0.3) is 5.91 Å². The van der Waals surface area contributed by atoms with Crippen LogP contribution >= 0.6 is 0 Å². The third-order valence-corrected chi connectivity index (χ3v) is 2.77. The number of pyridine rings is 1. The van der Waals surface area contributed by atoms with Crippen molar-refractivity contribution < 1.29 is 9.53 Å². The lowest BCUT2D eigenvalue weighted by atomic mass is 10.2. The third kappa shape index (κ3) is 3.43. The van der Waals surface area contributed by atoms with E-state index in [1.54, 1.807) is 67.1 Å². The van der Waals surface area contributed by atoms with E-state index >= 15 is 0 Å². The number of aromatic nitrogens is 3. The van der Waals surface area contributed by atoms with Crippen LogP contribution in [0.5, 0.6) is 11.8 Å². The summed E-state index contributed by atoms with van der Waals surface area (Å²) in [5, 5.41) is 2.71. The van der Waals surface area contributed by atoms with Crippen LogP contribution in [0.25, 0.3) is 0 Å². The van der Waals surface area contributed by atoms with E-state index in [0.717, 1.165) is 0 Å². The van der Waals surface area contributed by atoms with Crippen LogP contribution in [0.3, 0.4) is 0 Å². The Kier molecular flexibility index (Phi) is 4.01. The maximum absolute atomic E-state index is 12.1. The number of ether oxygens (including phenoxy) is 1. The molecule has 0 saturated carbocycles. The molecule has 2 aromatic heterocycles. The zero-order chi connectivity index (χ0) is 15.2. The molecule has 0 radical (unpaired) electrons. The van der Waals surface area contributed by atoms with Crippen LogP contribution in [-0.2, 0) is 0 Å². The molecule has 6 nitrogen and oxygen atoms in total. The number of hydrogen-bond acceptors (Lipinski definition) is 5. The minimum Gasteiger partial charge on any atom is -0.424 e. The van der Waals surface area contributed by atoms with Gasteiger partial charge in [0.1, 0.15) is 11.6 Å². The van der Waals surface area contributed by atoms with Crippen molar-refractivity contribution in [3.8, 4) is 11.8 Å². The maximum atomic E-state index is 12.1. The minimum absolute atomic E-state index is 0.235. The third-order valence-electron chi connectivity index (χ3n) is 2.77. The molecule has 0 aliphatic carbocycles. The monoisotopic (exact) mass is 292 g/mol. The first-order valence-electron chi connectivity index (χ1n) is 6.58. The highest BCUT2D eigenvalue weighted by Gasteiger charge is 2.07. The van der Waals surface area contributed by atoms with Crippen molar-refractivity contribution in [3.05, 3.63) is 72.7 Å². The predicted octanol–water partition coefficient (Wildman–Crippen LogP) is 2.92. The largest absolute Gasteiger partial charge is 0.424 e. The number of nitrogens with one attached hydrogen (secondary N) is 1. The maximum Gasteiger partial charge on any atom is 0.321 e. The normalized spacial score (nSPS) is 10.0. The van der Waals surface area contributed by atoms with Crippen molar-refractivity contribution >= 4 is 11.7 Å². The molecular weight excluding hydrogens is 280 g/mol. The van der Waals surface area contributed by atoms with Gasteiger partial charge in [0.15, 0.2) is 0 Å². The number of amides is 1. The smallest absolute Gasteiger partial charge is 0.321 e. The van der Waals surface area contributed by atoms with E-state index in [2.05, 4.69) is 20.3 Å². The van der Waals surface area contributed by atoms with Crippen molar-refractivity contribution in [2.75, 3.05) is 5.32 Å². The van der Waals surface area contributed by atoms with Crippen LogP contribution < -0.4 is 10.1 Å². The highest BCUT2D eigenvalue weighted by atomic mass is 16.5. The first kappa shape index (κ1) is 13.7. The predicted molar refractivity (Wildman–Crippen MR) is 80.7 cm³/mol. The topological polar surface area (TPSA) is 77.0 Å². The van der Waals surface area contributed by atoms with Gasteiger partial charge in [-0.15, -0.1) is 0 Å². The van der Waals surface area contributed by atoms with Crippen LogP contribution in [0.4, 0.5) is 5.82 Å². The van der Waals surface area contributed by atoms with Gasteiger partial charge in [-0.05, 0) is 42.5 Å². The molecule has 22 heavy (non-hydrogen) atoms. The molecule has 0 bridgehead atoms. The molecule has 0 atom stereocenters. The Morgan fingerprint density at radius 2 is 1.59 bits per heavy atom. The van der Waals surface area contributed by atoms with Gasteiger partial charge in [-0.1, -0.05) is 6.07 Å². The van der Waals surface area contributed by atoms with E-state index in [1.807, 2.05) is 0 Å². The number of carbonyl (C=O) groups excluding carboxylic acids is 1. The van der Waals surface area contributed by atoms with Gasteiger partial charge in [-0.2, -0.15) is 0 Å². The standard InChI is InChI=1S/C16H12N4O2/c21-15(20-14-4-1-2-9-17-14)12-5-7-13(8-6-12)22-16-18-10-3-11-19-16/h1-11H,(H,17,20,21). The number of nitrogens with zero attached hydrogens (tertiary/aromatic N) is 3. The summed E-state index contributed by atoms with van der Waals surface area (Å²) in [7, 11) is 0. The van der Waals surface area contributed by atoms with Crippen molar-refractivity contribution in [1.82, 2.24) is 15.0 Å². The molecule has 1 aromatic carbocycles. The second kappa shape index (κ2) is 6.45. The van der Waals surface area contributed by atoms with E-state index in [-0.39, 0.29) is 11.9 Å². The average molecular weight is 292 g/mol. The van der Waals surface area contributed by atoms with Crippen LogP contribution in [-0.4, -0.2) is 20.9 Å². The zero-order valence-electron chi connectivity index (χ0n) is 11.5. The lowest BCUT2D eigenvalue weighted by molar-refractivity contribution is 0.102. The Bertz CT molecular complexity index is 746. The highest BCUT2D eigenvalue weighted by Crippen LogP contribution is 2.18. The van der Waals surface area contributed by atoms with Gasteiger partial charge in [0.05, 0.1) is 0 Å². The van der Waals surface area contributed by atoms with Crippen molar-refractivity contribution in [3.63, 3.8) is 0 Å². The molecule has 2 heterocycles. The Balaban J connectivity index is 1.67. The van der Waals surface area contributed by atoms with Gasteiger partial charge < -0.3 is 10.1 Å². The summed E-state index contributed by atoms with van der Waals surface area (Å²) in [5.74, 6) is 0.826. The Labute approximate surface area is 126 Å². The molecule has 6 heteroatoms. The van der Waals surface area contributed by atoms with E-state index in [0.29, 0.717) is 17.1 Å². The molecule has 108 valence electrons. The van der Waals surface area contributed by atoms with Crippen LogP contribution in [0.15, 0.2) is 67.1 Å². The fraction of sp³-hybridized carbons (Fsp3) is 0. The molecule has 0 aliphatic heterocycles. The first-order valence-corrected chi connectivity index (χ1v) is 6.58. The number of hydrogen-bond donors (Lipinski definition) is 1. The summed E-state index contributed by atoms with van der Waals surface area (Å²) in [4.78, 5) is 24.0. The fourth-order valence-electron chi connectivity index (χ4n) is 1.74. The van der Waals surface area contributed by atoms with Crippen LogP contribution in [0.1, 0.15) is 10.4 Å². The van der Waals surface area contributed by atoms with Crippen LogP contribution in [0, 0.1) is 0 Å². The molecule has 0 spiro atoms. The van der Waals surface area contributed by atoms with Crippen molar-refractivity contribution in [2.45, 2.75) is 0 Å². The molecule has 0 fully saturated rings. The zero-order valence-corrected chi connectivity index (χ0v) is 11.5. The summed E-state index contributed by atoms with van der Waals surface area (Å²) >= 11 is 0. The van der Waals surface area contributed by atoms with Crippen LogP contribution in [0.2, 0.25) is 0 Å². The van der Waals surface area contributed by atoms with Gasteiger partial charge in [-0.3, -0.25) is 4.79 Å². The lowest BCUT2D eigenvalue weighted by Gasteiger charge is -2.06. The van der Waals surface area contributed by atoms with Gasteiger partial charge in [-0.25, -0.2) is 15.0 Å². The summed E-state index contributed by atoms with van der Waals surface area (Å²) in [6.07, 6.45) is 4.81. The lowest BCUT2D eigenvalue weighted by Crippen LogP contribution is -2.12. The summed E-state index contributed by atoms with van der Waals surface area (Å²) in [6.45, 7) is 0. The van der Waals surface area contributed by atoms with Crippen molar-refractivity contribution in [1.29, 1.82) is 0 Å². The SMILES string of the molecule is O=C(Nc1ccccn1)c1ccc(Oc2ncccn2)cc1. The molecule has 0 saturated heterocycles. The quantitative estimate of drug-likeness (QED) is 0.800. The average Bonchev–Trinajstić information content (AvgIpc) is 2.57. The Morgan fingerprint density at radius 1 is 0.864 bits per heavy atom. The number of rotatable bonds is 4. The molecule has 3 rings (SSSR count). The summed E-state index contributed by atoms with van der Waals surface area (Å²) < 4.78 is 5.47. The van der Waals surface area contributed by atoms with E-state index in [4.69, 9.17) is 4.74 Å². The number of benzene rings is 1. The second-order valence-electron chi connectivity index (χ2n) is 4.33. The molecule has 1 N–H and O–H groups in total. The molecular formula is C16H12N4O2. The Morgan fingerprint density at radius 3 is 2.27 bits per heavy atom. The Hall–Kier alpha value is -3.28. The summed E-state index contributed by atoms with van der Waals surface area (Å²) in [6, 6.07) is 14.0. The number of anilines is 1. The minimum atomic E-state index is -0.235. The summed E-state index contributed by atoms with van der Waals surface area (Å²) in [5.41, 5.74) is 0.506.